The Hall–Kier alpha value is 0.860. The molecule has 3 aliphatic rings. The van der Waals surface area contributed by atoms with Gasteiger partial charge in [-0.2, -0.15) is 0 Å². The second-order valence-electron chi connectivity index (χ2n) is 8.36. The molecule has 23 heavy (non-hydrogen) atoms. The minimum absolute atomic E-state index is 0.339. The average molecular weight is 354 g/mol. The van der Waals surface area contributed by atoms with Crippen molar-refractivity contribution >= 4 is 15.8 Å². The lowest BCUT2D eigenvalue weighted by molar-refractivity contribution is 0.696. The first kappa shape index (κ1) is 18.6. The van der Waals surface area contributed by atoms with Gasteiger partial charge in [-0.05, 0) is 98.2 Å². The highest BCUT2D eigenvalue weighted by atomic mass is 31.1. The van der Waals surface area contributed by atoms with Gasteiger partial charge in [-0.1, -0.05) is 50.0 Å². The van der Waals surface area contributed by atoms with Gasteiger partial charge in [0.25, 0.3) is 0 Å². The summed E-state index contributed by atoms with van der Waals surface area (Å²) in [6.45, 7) is 9.97. The third-order valence-electron chi connectivity index (χ3n) is 7.45. The number of hydrogen-bond acceptors (Lipinski definition) is 0. The van der Waals surface area contributed by atoms with Gasteiger partial charge in [0, 0.05) is 0 Å². The molecular formula is C21H40P2. The first-order chi connectivity index (χ1) is 11.2. The summed E-state index contributed by atoms with van der Waals surface area (Å²) in [5, 5.41) is 0. The van der Waals surface area contributed by atoms with Gasteiger partial charge in [0.05, 0.1) is 0 Å². The van der Waals surface area contributed by atoms with Crippen molar-refractivity contribution in [2.45, 2.75) is 132 Å². The van der Waals surface area contributed by atoms with Crippen LogP contribution in [0.2, 0.25) is 0 Å². The lowest BCUT2D eigenvalue weighted by atomic mass is 10.1. The lowest BCUT2D eigenvalue weighted by Crippen LogP contribution is -2.26. The van der Waals surface area contributed by atoms with Crippen LogP contribution >= 0.6 is 15.8 Å². The molecule has 0 amide bonds. The molecule has 6 unspecified atom stereocenters. The van der Waals surface area contributed by atoms with Crippen LogP contribution in [-0.2, 0) is 0 Å². The smallest absolute Gasteiger partial charge is 0.0136 e. The van der Waals surface area contributed by atoms with Crippen molar-refractivity contribution in [3.63, 3.8) is 0 Å². The van der Waals surface area contributed by atoms with Crippen LogP contribution in [0.5, 0.6) is 0 Å². The molecule has 2 saturated heterocycles. The predicted molar refractivity (Wildman–Crippen MR) is 110 cm³/mol. The van der Waals surface area contributed by atoms with E-state index in [4.69, 9.17) is 0 Å². The Labute approximate surface area is 148 Å². The van der Waals surface area contributed by atoms with Crippen molar-refractivity contribution in [2.75, 3.05) is 0 Å². The topological polar surface area (TPSA) is 0 Å². The van der Waals surface area contributed by atoms with E-state index >= 15 is 0 Å². The highest BCUT2D eigenvalue weighted by molar-refractivity contribution is 7.64. The Kier molecular flexibility index (Phi) is 6.89. The number of rotatable bonds is 6. The highest BCUT2D eigenvalue weighted by Gasteiger charge is 2.49. The van der Waals surface area contributed by atoms with Crippen molar-refractivity contribution in [3.05, 3.63) is 0 Å². The zero-order valence-electron chi connectivity index (χ0n) is 16.1. The van der Waals surface area contributed by atoms with E-state index in [0.717, 1.165) is 22.6 Å². The van der Waals surface area contributed by atoms with E-state index < -0.39 is 0 Å². The van der Waals surface area contributed by atoms with Gasteiger partial charge in [0.1, 0.15) is 0 Å². The van der Waals surface area contributed by atoms with Crippen LogP contribution in [-0.4, -0.2) is 34.0 Å². The van der Waals surface area contributed by atoms with Crippen molar-refractivity contribution in [1.29, 1.82) is 0 Å². The fourth-order valence-electron chi connectivity index (χ4n) is 6.32. The molecule has 6 atom stereocenters. The van der Waals surface area contributed by atoms with Crippen molar-refractivity contribution in [1.82, 2.24) is 0 Å². The van der Waals surface area contributed by atoms with Crippen LogP contribution in [0.3, 0.4) is 0 Å². The van der Waals surface area contributed by atoms with E-state index in [-0.39, 0.29) is 0 Å². The van der Waals surface area contributed by atoms with E-state index in [1.54, 1.807) is 44.9 Å². The fraction of sp³-hybridized carbons (Fsp3) is 1.00. The molecule has 0 radical (unpaired) electrons. The van der Waals surface area contributed by atoms with Gasteiger partial charge in [-0.3, -0.25) is 0 Å². The summed E-state index contributed by atoms with van der Waals surface area (Å²) < 4.78 is 0. The Morgan fingerprint density at radius 2 is 0.826 bits per heavy atom. The fourth-order valence-corrected chi connectivity index (χ4v) is 16.1. The summed E-state index contributed by atoms with van der Waals surface area (Å²) in [4.78, 5) is 0. The molecule has 1 saturated carbocycles. The molecule has 0 nitrogen and oxygen atoms in total. The quantitative estimate of drug-likeness (QED) is 0.431. The molecule has 0 aromatic carbocycles. The van der Waals surface area contributed by atoms with Crippen LogP contribution in [0.15, 0.2) is 0 Å². The minimum Gasteiger partial charge on any atom is -0.0965 e. The maximum atomic E-state index is 2.49. The van der Waals surface area contributed by atoms with Gasteiger partial charge < -0.3 is 0 Å². The summed E-state index contributed by atoms with van der Waals surface area (Å²) in [5.41, 5.74) is 6.93. The van der Waals surface area contributed by atoms with Gasteiger partial charge in [0.2, 0.25) is 0 Å². The summed E-state index contributed by atoms with van der Waals surface area (Å²) >= 11 is 0. The second-order valence-corrected chi connectivity index (χ2v) is 14.4. The number of hydrogen-bond donors (Lipinski definition) is 0. The molecule has 3 rings (SSSR count). The highest BCUT2D eigenvalue weighted by Crippen LogP contribution is 2.72. The Bertz CT molecular complexity index is 311. The first-order valence-corrected chi connectivity index (χ1v) is 13.9. The van der Waals surface area contributed by atoms with Gasteiger partial charge in [0.15, 0.2) is 0 Å². The zero-order valence-corrected chi connectivity index (χ0v) is 17.9. The van der Waals surface area contributed by atoms with Crippen molar-refractivity contribution < 1.29 is 0 Å². The third kappa shape index (κ3) is 3.56. The predicted octanol–water partition coefficient (Wildman–Crippen LogP) is 7.57. The van der Waals surface area contributed by atoms with E-state index in [1.165, 1.54) is 37.0 Å². The summed E-state index contributed by atoms with van der Waals surface area (Å²) in [6.07, 6.45) is 17.1. The van der Waals surface area contributed by atoms with Crippen LogP contribution in [0.1, 0.15) is 98.3 Å². The Balaban J connectivity index is 1.81. The maximum Gasteiger partial charge on any atom is -0.0136 e. The van der Waals surface area contributed by atoms with E-state index in [9.17, 15) is 0 Å². The molecular weight excluding hydrogens is 314 g/mol. The molecule has 134 valence electrons. The molecule has 2 heteroatoms. The summed E-state index contributed by atoms with van der Waals surface area (Å²) in [7, 11) is 0.679. The molecule has 2 heterocycles. The van der Waals surface area contributed by atoms with Gasteiger partial charge in [-0.15, -0.1) is 0 Å². The molecule has 0 bridgehead atoms. The van der Waals surface area contributed by atoms with E-state index in [2.05, 4.69) is 27.7 Å². The largest absolute Gasteiger partial charge is 0.0965 e. The normalized spacial score (nSPS) is 47.5. The molecule has 1 aliphatic carbocycles. The third-order valence-corrected chi connectivity index (χ3v) is 16.3. The van der Waals surface area contributed by atoms with Gasteiger partial charge in [-0.25, -0.2) is 0 Å². The van der Waals surface area contributed by atoms with Crippen LogP contribution in [0, 0.1) is 0 Å². The standard InChI is InChI=1S/C21H40P2/c1-5-16-12-13-17(6-2)22(16)20-10-9-11-21(20)23-18(7-3)14-15-19(23)8-4/h16-21H,5-15H2,1-4H3. The molecule has 0 aromatic rings. The first-order valence-electron chi connectivity index (χ1n) is 10.8. The molecule has 0 N–H and O–H groups in total. The second kappa shape index (κ2) is 8.49. The summed E-state index contributed by atoms with van der Waals surface area (Å²) in [6, 6.07) is 0. The Morgan fingerprint density at radius 1 is 0.522 bits per heavy atom. The van der Waals surface area contributed by atoms with E-state index in [0.29, 0.717) is 15.8 Å². The SMILES string of the molecule is CCC1CCC(CC)P1C1CCCC1P1C(CC)CCC1CC. The van der Waals surface area contributed by atoms with Crippen molar-refractivity contribution in [2.24, 2.45) is 0 Å². The molecule has 3 fully saturated rings. The summed E-state index contributed by atoms with van der Waals surface area (Å²) in [5.74, 6) is 0. The maximum absolute atomic E-state index is 2.49. The van der Waals surface area contributed by atoms with E-state index in [1.807, 2.05) is 0 Å². The lowest BCUT2D eigenvalue weighted by Gasteiger charge is -2.40. The molecule has 2 aliphatic heterocycles. The van der Waals surface area contributed by atoms with Gasteiger partial charge >= 0.3 is 0 Å². The zero-order chi connectivity index (χ0) is 16.4. The average Bonchev–Trinajstić information content (AvgIpc) is 3.29. The van der Waals surface area contributed by atoms with Crippen LogP contribution in [0.4, 0.5) is 0 Å². The van der Waals surface area contributed by atoms with Crippen LogP contribution in [0.25, 0.3) is 0 Å². The molecule has 0 aromatic heterocycles. The van der Waals surface area contributed by atoms with Crippen LogP contribution < -0.4 is 0 Å². The van der Waals surface area contributed by atoms with Crippen molar-refractivity contribution in [3.8, 4) is 0 Å². The molecule has 0 spiro atoms. The minimum atomic E-state index is 0.339. The Morgan fingerprint density at radius 3 is 1.09 bits per heavy atom. The monoisotopic (exact) mass is 354 g/mol.